The lowest BCUT2D eigenvalue weighted by Crippen LogP contribution is -2.45. The van der Waals surface area contributed by atoms with Gasteiger partial charge in [0.2, 0.25) is 15.9 Å². The van der Waals surface area contributed by atoms with Gasteiger partial charge in [0, 0.05) is 25.6 Å². The molecule has 0 aliphatic carbocycles. The number of nitrogens with zero attached hydrogens (tertiary/aromatic N) is 4. The van der Waals surface area contributed by atoms with Crippen LogP contribution in [0.5, 0.6) is 0 Å². The Morgan fingerprint density at radius 2 is 1.69 bits per heavy atom. The second-order valence-electron chi connectivity index (χ2n) is 9.61. The van der Waals surface area contributed by atoms with Crippen LogP contribution in [0.15, 0.2) is 47.4 Å². The summed E-state index contributed by atoms with van der Waals surface area (Å²) in [6.45, 7) is 6.15. The van der Waals surface area contributed by atoms with E-state index < -0.39 is 10.0 Å². The van der Waals surface area contributed by atoms with Gasteiger partial charge in [0.15, 0.2) is 5.13 Å². The minimum Gasteiger partial charge on any atom is -0.309 e. The van der Waals surface area contributed by atoms with Crippen molar-refractivity contribution in [2.24, 2.45) is 5.92 Å². The molecular weight excluding hydrogens is 480 g/mol. The van der Waals surface area contributed by atoms with E-state index in [1.165, 1.54) is 9.87 Å². The van der Waals surface area contributed by atoms with Crippen molar-refractivity contribution in [2.45, 2.75) is 38.0 Å². The number of fused-ring (bicyclic) bond motifs is 1. The van der Waals surface area contributed by atoms with E-state index in [9.17, 15) is 13.2 Å². The smallest absolute Gasteiger partial charge is 0.243 e. The first kappa shape index (κ1) is 25.8. The maximum Gasteiger partial charge on any atom is 0.243 e. The number of carbonyl (C=O) groups excluding carboxylic acids is 1. The number of aromatic nitrogens is 1. The van der Waals surface area contributed by atoms with Gasteiger partial charge in [-0.05, 0) is 83.6 Å². The molecule has 1 amide bonds. The van der Waals surface area contributed by atoms with E-state index in [0.717, 1.165) is 33.9 Å². The molecule has 7 nitrogen and oxygen atoms in total. The molecule has 0 saturated carbocycles. The van der Waals surface area contributed by atoms with Crippen LogP contribution in [0, 0.1) is 19.8 Å². The van der Waals surface area contributed by atoms with Gasteiger partial charge in [-0.3, -0.25) is 9.69 Å². The normalized spacial score (nSPS) is 15.7. The number of amides is 1. The zero-order valence-electron chi connectivity index (χ0n) is 20.9. The predicted octanol–water partition coefficient (Wildman–Crippen LogP) is 4.30. The third-order valence-corrected chi connectivity index (χ3v) is 9.43. The van der Waals surface area contributed by atoms with Crippen LogP contribution in [0.2, 0.25) is 0 Å². The zero-order chi connectivity index (χ0) is 25.2. The second kappa shape index (κ2) is 10.7. The van der Waals surface area contributed by atoms with Crippen LogP contribution in [0.25, 0.3) is 10.2 Å². The first-order valence-corrected chi connectivity index (χ1v) is 14.3. The van der Waals surface area contributed by atoms with Gasteiger partial charge in [0.25, 0.3) is 0 Å². The van der Waals surface area contributed by atoms with Crippen LogP contribution in [0.3, 0.4) is 0 Å². The predicted molar refractivity (Wildman–Crippen MR) is 143 cm³/mol. The van der Waals surface area contributed by atoms with E-state index in [-0.39, 0.29) is 11.8 Å². The number of sulfonamides is 1. The lowest BCUT2D eigenvalue weighted by atomic mass is 9.96. The third-order valence-electron chi connectivity index (χ3n) is 6.48. The molecule has 0 radical (unpaired) electrons. The molecule has 35 heavy (non-hydrogen) atoms. The average molecular weight is 515 g/mol. The van der Waals surface area contributed by atoms with Gasteiger partial charge in [-0.25, -0.2) is 13.4 Å². The van der Waals surface area contributed by atoms with Crippen LogP contribution in [-0.2, 0) is 14.8 Å². The standard InChI is InChI=1S/C26H34N4O3S2/c1-19-6-9-22(10-7-19)35(32,33)29-16-12-21(13-17-29)25(31)30(15-5-14-28(3)4)26-27-23-11-8-20(2)18-24(23)34-26/h6-11,18,21H,5,12-17H2,1-4H3. The Bertz CT molecular complexity index is 1280. The maximum atomic E-state index is 13.7. The minimum atomic E-state index is -3.55. The molecule has 9 heteroatoms. The summed E-state index contributed by atoms with van der Waals surface area (Å²) in [6.07, 6.45) is 1.87. The van der Waals surface area contributed by atoms with E-state index >= 15 is 0 Å². The molecule has 0 N–H and O–H groups in total. The number of hydrogen-bond acceptors (Lipinski definition) is 6. The number of thiazole rings is 1. The van der Waals surface area contributed by atoms with E-state index in [1.807, 2.05) is 50.2 Å². The van der Waals surface area contributed by atoms with Crippen LogP contribution in [0.1, 0.15) is 30.4 Å². The van der Waals surface area contributed by atoms with Crippen molar-refractivity contribution >= 4 is 42.6 Å². The van der Waals surface area contributed by atoms with Crippen LogP contribution >= 0.6 is 11.3 Å². The van der Waals surface area contributed by atoms with Crippen LogP contribution in [0.4, 0.5) is 5.13 Å². The number of carbonyl (C=O) groups is 1. The van der Waals surface area contributed by atoms with E-state index in [4.69, 9.17) is 4.98 Å². The van der Waals surface area contributed by atoms with E-state index in [0.29, 0.717) is 37.4 Å². The highest BCUT2D eigenvalue weighted by Crippen LogP contribution is 2.32. The number of hydrogen-bond donors (Lipinski definition) is 0. The van der Waals surface area contributed by atoms with Crippen molar-refractivity contribution in [2.75, 3.05) is 45.2 Å². The lowest BCUT2D eigenvalue weighted by Gasteiger charge is -2.33. The van der Waals surface area contributed by atoms with Gasteiger partial charge in [0.1, 0.15) is 0 Å². The molecule has 0 spiro atoms. The Morgan fingerprint density at radius 1 is 1.03 bits per heavy atom. The number of benzene rings is 2. The molecule has 1 aromatic heterocycles. The molecule has 0 bridgehead atoms. The quantitative estimate of drug-likeness (QED) is 0.448. The highest BCUT2D eigenvalue weighted by molar-refractivity contribution is 7.89. The summed E-state index contributed by atoms with van der Waals surface area (Å²) in [5.41, 5.74) is 3.09. The van der Waals surface area contributed by atoms with Gasteiger partial charge in [-0.15, -0.1) is 0 Å². The summed E-state index contributed by atoms with van der Waals surface area (Å²) < 4.78 is 28.7. The topological polar surface area (TPSA) is 73.8 Å². The molecule has 4 rings (SSSR count). The molecule has 3 aromatic rings. The number of aryl methyl sites for hydroxylation is 2. The van der Waals surface area contributed by atoms with Gasteiger partial charge < -0.3 is 4.90 Å². The van der Waals surface area contributed by atoms with Crippen molar-refractivity contribution < 1.29 is 13.2 Å². The Kier molecular flexibility index (Phi) is 7.90. The van der Waals surface area contributed by atoms with Crippen LogP contribution < -0.4 is 4.90 Å². The molecule has 1 fully saturated rings. The van der Waals surface area contributed by atoms with Crippen molar-refractivity contribution in [3.05, 3.63) is 53.6 Å². The van der Waals surface area contributed by atoms with E-state index in [1.54, 1.807) is 23.5 Å². The molecule has 0 atom stereocenters. The number of piperidine rings is 1. The van der Waals surface area contributed by atoms with Crippen molar-refractivity contribution in [1.82, 2.24) is 14.2 Å². The zero-order valence-corrected chi connectivity index (χ0v) is 22.5. The molecule has 188 valence electrons. The highest BCUT2D eigenvalue weighted by Gasteiger charge is 2.34. The highest BCUT2D eigenvalue weighted by atomic mass is 32.2. The molecule has 1 aliphatic rings. The first-order chi connectivity index (χ1) is 16.6. The van der Waals surface area contributed by atoms with Crippen molar-refractivity contribution in [3.8, 4) is 0 Å². The maximum absolute atomic E-state index is 13.7. The fraction of sp³-hybridized carbons (Fsp3) is 0.462. The summed E-state index contributed by atoms with van der Waals surface area (Å²) >= 11 is 1.55. The van der Waals surface area contributed by atoms with Gasteiger partial charge in [-0.1, -0.05) is 35.1 Å². The Hall–Kier alpha value is -2.33. The van der Waals surface area contributed by atoms with Gasteiger partial charge >= 0.3 is 0 Å². The fourth-order valence-electron chi connectivity index (χ4n) is 4.40. The Morgan fingerprint density at radius 3 is 2.34 bits per heavy atom. The molecular formula is C26H34N4O3S2. The molecule has 2 aromatic carbocycles. The fourth-order valence-corrected chi connectivity index (χ4v) is 6.97. The SMILES string of the molecule is Cc1ccc(S(=O)(=O)N2CCC(C(=O)N(CCCN(C)C)c3nc4ccc(C)cc4s3)CC2)cc1. The van der Waals surface area contributed by atoms with Gasteiger partial charge in [-0.2, -0.15) is 4.31 Å². The molecule has 1 saturated heterocycles. The van der Waals surface area contributed by atoms with E-state index in [2.05, 4.69) is 17.9 Å². The number of rotatable bonds is 8. The Balaban J connectivity index is 1.49. The van der Waals surface area contributed by atoms with Gasteiger partial charge in [0.05, 0.1) is 15.1 Å². The third kappa shape index (κ3) is 5.91. The van der Waals surface area contributed by atoms with Crippen LogP contribution in [-0.4, -0.2) is 68.8 Å². The summed E-state index contributed by atoms with van der Waals surface area (Å²) in [5.74, 6) is -0.167. The average Bonchev–Trinajstić information content (AvgIpc) is 3.24. The molecule has 2 heterocycles. The summed E-state index contributed by atoms with van der Waals surface area (Å²) in [7, 11) is 0.496. The lowest BCUT2D eigenvalue weighted by molar-refractivity contribution is -0.123. The number of anilines is 1. The summed E-state index contributed by atoms with van der Waals surface area (Å²) in [5, 5.41) is 0.726. The van der Waals surface area contributed by atoms with Crippen molar-refractivity contribution in [1.29, 1.82) is 0 Å². The second-order valence-corrected chi connectivity index (χ2v) is 12.6. The Labute approximate surface area is 212 Å². The summed E-state index contributed by atoms with van der Waals surface area (Å²) in [4.78, 5) is 22.7. The molecule has 1 aliphatic heterocycles. The molecule has 0 unspecified atom stereocenters. The summed E-state index contributed by atoms with van der Waals surface area (Å²) in [6, 6.07) is 13.1. The van der Waals surface area contributed by atoms with Crippen molar-refractivity contribution in [3.63, 3.8) is 0 Å². The first-order valence-electron chi connectivity index (χ1n) is 12.1. The largest absolute Gasteiger partial charge is 0.309 e. The monoisotopic (exact) mass is 514 g/mol. The minimum absolute atomic E-state index is 0.0481.